The Labute approximate surface area is 299 Å². The van der Waals surface area contributed by atoms with Gasteiger partial charge in [0.1, 0.15) is 11.2 Å². The van der Waals surface area contributed by atoms with Gasteiger partial charge in [0.05, 0.1) is 36.9 Å². The topological polar surface area (TPSA) is 175 Å². The largest absolute Gasteiger partial charge is 0.469 e. The van der Waals surface area contributed by atoms with E-state index in [1.807, 2.05) is 0 Å². The molecule has 0 radical (unpaired) electrons. The van der Waals surface area contributed by atoms with Crippen LogP contribution in [0.2, 0.25) is 0 Å². The van der Waals surface area contributed by atoms with Crippen LogP contribution in [0.5, 0.6) is 0 Å². The van der Waals surface area contributed by atoms with Gasteiger partial charge in [-0.2, -0.15) is 0 Å². The number of anilines is 1. The second-order valence-electron chi connectivity index (χ2n) is 15.0. The van der Waals surface area contributed by atoms with Crippen molar-refractivity contribution in [2.24, 2.45) is 22.7 Å². The van der Waals surface area contributed by atoms with Crippen molar-refractivity contribution >= 4 is 41.5 Å². The molecule has 2 aromatic carbocycles. The van der Waals surface area contributed by atoms with Crippen molar-refractivity contribution in [3.05, 3.63) is 65.2 Å². The van der Waals surface area contributed by atoms with Crippen molar-refractivity contribution in [3.63, 3.8) is 0 Å². The van der Waals surface area contributed by atoms with Crippen LogP contribution >= 0.6 is 0 Å². The highest BCUT2D eigenvalue weighted by Gasteiger charge is 2.78. The summed E-state index contributed by atoms with van der Waals surface area (Å²) in [5.74, 6) is -5.46. The fourth-order valence-electron chi connectivity index (χ4n) is 6.62. The molecule has 3 N–H and O–H groups in total. The Morgan fingerprint density at radius 3 is 1.51 bits per heavy atom. The van der Waals surface area contributed by atoms with Gasteiger partial charge in [0.15, 0.2) is 5.78 Å². The summed E-state index contributed by atoms with van der Waals surface area (Å²) in [6.45, 7) is 14.2. The molecule has 1 aliphatic carbocycles. The lowest BCUT2D eigenvalue weighted by molar-refractivity contribution is -0.211. The first kappa shape index (κ1) is 40.5. The number of carbonyl (C=O) groups excluding carboxylic acids is 6. The molecule has 51 heavy (non-hydrogen) atoms. The molecule has 3 rings (SSSR count). The van der Waals surface area contributed by atoms with Crippen molar-refractivity contribution in [1.29, 1.82) is 0 Å². The fraction of sp³-hybridized carbons (Fsp3) is 0.526. The number of alkyl carbamates (subject to hydrolysis) is 2. The Hall–Kier alpha value is -4.94. The number of Topliss-reactive ketones (excluding diaryl/α,β-unsaturated/α-hetero) is 1. The summed E-state index contributed by atoms with van der Waals surface area (Å²) in [6.07, 6.45) is -0.0990. The Morgan fingerprint density at radius 1 is 0.647 bits per heavy atom. The molecule has 0 aromatic heterocycles. The highest BCUT2D eigenvalue weighted by molar-refractivity contribution is 6.12. The lowest BCUT2D eigenvalue weighted by Crippen LogP contribution is -2.73. The average molecular weight is 710 g/mol. The molecular formula is C38H51N3O10. The normalized spacial score (nSPS) is 21.3. The van der Waals surface area contributed by atoms with Crippen LogP contribution < -0.4 is 16.0 Å². The number of hydrogen-bond donors (Lipinski definition) is 3. The standard InChI is InChI=1S/C38H51N3O10/c1-35(2,3)50-33(46)39-21-19-23-11-15-25(16-12-23)27(42)28-37(7,29(30(43)48-9)38(28,8)32(45)49-10)31(44)41-26-17-13-24(14-18-26)20-22-40-34(47)51-36(4,5)6/h11-18,28-29H,19-22H2,1-10H3,(H,39,46)(H,40,47)(H,41,44). The van der Waals surface area contributed by atoms with E-state index in [1.54, 1.807) is 90.1 Å². The highest BCUT2D eigenvalue weighted by atomic mass is 16.6. The van der Waals surface area contributed by atoms with Crippen molar-refractivity contribution in [1.82, 2.24) is 10.6 Å². The van der Waals surface area contributed by atoms with E-state index in [9.17, 15) is 28.8 Å². The third-order valence-electron chi connectivity index (χ3n) is 8.83. The molecule has 0 aliphatic heterocycles. The maximum Gasteiger partial charge on any atom is 0.407 e. The summed E-state index contributed by atoms with van der Waals surface area (Å²) < 4.78 is 20.6. The van der Waals surface area contributed by atoms with Gasteiger partial charge in [0.25, 0.3) is 0 Å². The molecule has 0 heterocycles. The maximum atomic E-state index is 14.3. The van der Waals surface area contributed by atoms with Crippen molar-refractivity contribution in [2.75, 3.05) is 32.6 Å². The van der Waals surface area contributed by atoms with Gasteiger partial charge in [-0.25, -0.2) is 9.59 Å². The van der Waals surface area contributed by atoms with E-state index < -0.39 is 69.7 Å². The van der Waals surface area contributed by atoms with E-state index in [-0.39, 0.29) is 5.56 Å². The first-order valence-electron chi connectivity index (χ1n) is 16.8. The van der Waals surface area contributed by atoms with Gasteiger partial charge in [-0.15, -0.1) is 0 Å². The SMILES string of the molecule is COC(=O)C1C(C)(C(=O)Nc2ccc(CCNC(=O)OC(C)(C)C)cc2)C(C(=O)c2ccc(CCNC(=O)OC(C)(C)C)cc2)C1(C)C(=O)OC. The molecule has 1 aliphatic rings. The molecule has 4 atom stereocenters. The zero-order valence-corrected chi connectivity index (χ0v) is 31.2. The molecule has 1 fully saturated rings. The first-order valence-corrected chi connectivity index (χ1v) is 16.8. The molecule has 3 amide bonds. The first-order chi connectivity index (χ1) is 23.7. The summed E-state index contributed by atoms with van der Waals surface area (Å²) in [5.41, 5.74) is -2.34. The predicted octanol–water partition coefficient (Wildman–Crippen LogP) is 5.25. The predicted molar refractivity (Wildman–Crippen MR) is 189 cm³/mol. The number of rotatable bonds is 12. The number of nitrogens with one attached hydrogen (secondary N) is 3. The van der Waals surface area contributed by atoms with Crippen molar-refractivity contribution < 1.29 is 47.7 Å². The molecule has 0 bridgehead atoms. The van der Waals surface area contributed by atoms with Crippen LogP contribution in [0, 0.1) is 22.7 Å². The summed E-state index contributed by atoms with van der Waals surface area (Å²) >= 11 is 0. The third-order valence-corrected chi connectivity index (χ3v) is 8.83. The van der Waals surface area contributed by atoms with Gasteiger partial charge in [0.2, 0.25) is 5.91 Å². The van der Waals surface area contributed by atoms with E-state index >= 15 is 0 Å². The molecule has 0 saturated heterocycles. The van der Waals surface area contributed by atoms with Crippen molar-refractivity contribution in [2.45, 2.75) is 79.4 Å². The number of esters is 2. The number of amides is 3. The van der Waals surface area contributed by atoms with Gasteiger partial charge in [-0.05, 0) is 91.5 Å². The summed E-state index contributed by atoms with van der Waals surface area (Å²) in [7, 11) is 2.31. The van der Waals surface area contributed by atoms with Gasteiger partial charge in [0, 0.05) is 24.3 Å². The van der Waals surface area contributed by atoms with Gasteiger partial charge >= 0.3 is 24.1 Å². The Bertz CT molecular complexity index is 1610. The van der Waals surface area contributed by atoms with Gasteiger partial charge in [-0.1, -0.05) is 36.4 Å². The molecule has 13 heteroatoms. The second-order valence-corrected chi connectivity index (χ2v) is 15.0. The molecule has 13 nitrogen and oxygen atoms in total. The van der Waals surface area contributed by atoms with E-state index in [0.29, 0.717) is 31.6 Å². The molecule has 0 spiro atoms. The van der Waals surface area contributed by atoms with Gasteiger partial charge < -0.3 is 34.9 Å². The minimum absolute atomic E-state index is 0.227. The van der Waals surface area contributed by atoms with E-state index in [0.717, 1.165) is 25.3 Å². The summed E-state index contributed by atoms with van der Waals surface area (Å²) in [6, 6.07) is 13.5. The number of hydrogen-bond acceptors (Lipinski definition) is 10. The minimum Gasteiger partial charge on any atom is -0.469 e. The number of carbonyl (C=O) groups is 6. The van der Waals surface area contributed by atoms with Crippen LogP contribution in [-0.2, 0) is 46.2 Å². The van der Waals surface area contributed by atoms with Gasteiger partial charge in [-0.3, -0.25) is 19.2 Å². The number of ketones is 1. The van der Waals surface area contributed by atoms with Crippen molar-refractivity contribution in [3.8, 4) is 0 Å². The highest BCUT2D eigenvalue weighted by Crippen LogP contribution is 2.66. The second kappa shape index (κ2) is 15.9. The van der Waals surface area contributed by atoms with Crippen LogP contribution in [0.3, 0.4) is 0 Å². The zero-order valence-electron chi connectivity index (χ0n) is 31.2. The van der Waals surface area contributed by atoms with Crippen LogP contribution in [0.25, 0.3) is 0 Å². The fourth-order valence-corrected chi connectivity index (χ4v) is 6.62. The average Bonchev–Trinajstić information content (AvgIpc) is 3.03. The van der Waals surface area contributed by atoms with E-state index in [1.165, 1.54) is 13.8 Å². The quantitative estimate of drug-likeness (QED) is 0.150. The molecule has 278 valence electrons. The summed E-state index contributed by atoms with van der Waals surface area (Å²) in [4.78, 5) is 78.9. The Balaban J connectivity index is 1.81. The smallest absolute Gasteiger partial charge is 0.407 e. The zero-order chi connectivity index (χ0) is 38.4. The number of benzene rings is 2. The van der Waals surface area contributed by atoms with E-state index in [4.69, 9.17) is 18.9 Å². The maximum absolute atomic E-state index is 14.3. The minimum atomic E-state index is -1.72. The Morgan fingerprint density at radius 2 is 1.10 bits per heavy atom. The van der Waals surface area contributed by atoms with Crippen LogP contribution in [0.4, 0.5) is 15.3 Å². The number of methoxy groups -OCH3 is 2. The third kappa shape index (κ3) is 9.65. The van der Waals surface area contributed by atoms with Crippen LogP contribution in [-0.4, -0.2) is 74.3 Å². The lowest BCUT2D eigenvalue weighted by atomic mass is 9.38. The number of ether oxygens (including phenoxy) is 4. The lowest BCUT2D eigenvalue weighted by Gasteiger charge is -2.60. The summed E-state index contributed by atoms with van der Waals surface area (Å²) in [5, 5.41) is 8.21. The molecule has 1 saturated carbocycles. The molecule has 4 unspecified atom stereocenters. The van der Waals surface area contributed by atoms with Crippen LogP contribution in [0.1, 0.15) is 76.9 Å². The monoisotopic (exact) mass is 709 g/mol. The molecular weight excluding hydrogens is 658 g/mol. The molecule has 2 aromatic rings. The Kier molecular flexibility index (Phi) is 12.7. The van der Waals surface area contributed by atoms with Crippen LogP contribution in [0.15, 0.2) is 48.5 Å². The van der Waals surface area contributed by atoms with E-state index in [2.05, 4.69) is 16.0 Å².